The van der Waals surface area contributed by atoms with Crippen LogP contribution in [0.2, 0.25) is 0 Å². The van der Waals surface area contributed by atoms with Gasteiger partial charge >= 0.3 is 0 Å². The molecular formula is C10H19N. The molecule has 0 radical (unpaired) electrons. The van der Waals surface area contributed by atoms with Crippen molar-refractivity contribution in [3.8, 4) is 0 Å². The van der Waals surface area contributed by atoms with Crippen LogP contribution in [0.3, 0.4) is 0 Å². The summed E-state index contributed by atoms with van der Waals surface area (Å²) in [5.74, 6) is 0.818. The molecule has 0 heterocycles. The molecule has 1 aliphatic carbocycles. The highest BCUT2D eigenvalue weighted by atomic mass is 14.5. The molecular weight excluding hydrogens is 134 g/mol. The lowest BCUT2D eigenvalue weighted by Crippen LogP contribution is -2.11. The molecule has 1 nitrogen and oxygen atoms in total. The van der Waals surface area contributed by atoms with Gasteiger partial charge in [-0.05, 0) is 37.8 Å². The zero-order valence-corrected chi connectivity index (χ0v) is 7.47. The highest BCUT2D eigenvalue weighted by molar-refractivity contribution is 5.07. The van der Waals surface area contributed by atoms with Gasteiger partial charge in [0.2, 0.25) is 0 Å². The molecule has 1 fully saturated rings. The Hall–Kier alpha value is -0.460. The number of nitrogens with two attached hydrogens (primary N) is 1. The van der Waals surface area contributed by atoms with E-state index in [2.05, 4.69) is 6.92 Å². The molecule has 1 saturated carbocycles. The van der Waals surface area contributed by atoms with Crippen molar-refractivity contribution < 1.29 is 0 Å². The second-order valence-corrected chi connectivity index (χ2v) is 3.47. The van der Waals surface area contributed by atoms with E-state index < -0.39 is 0 Å². The summed E-state index contributed by atoms with van der Waals surface area (Å²) in [5.41, 5.74) is 7.07. The maximum atomic E-state index is 5.56. The molecule has 64 valence electrons. The molecule has 1 rings (SSSR count). The van der Waals surface area contributed by atoms with Gasteiger partial charge in [0.05, 0.1) is 0 Å². The average molecular weight is 153 g/mol. The van der Waals surface area contributed by atoms with Crippen molar-refractivity contribution in [3.63, 3.8) is 0 Å². The summed E-state index contributed by atoms with van der Waals surface area (Å²) in [4.78, 5) is 0. The van der Waals surface area contributed by atoms with E-state index in [1.807, 2.05) is 6.20 Å². The van der Waals surface area contributed by atoms with Gasteiger partial charge < -0.3 is 5.73 Å². The van der Waals surface area contributed by atoms with Gasteiger partial charge in [-0.2, -0.15) is 0 Å². The third kappa shape index (κ3) is 2.25. The number of rotatable bonds is 2. The van der Waals surface area contributed by atoms with Gasteiger partial charge in [0.1, 0.15) is 0 Å². The fourth-order valence-corrected chi connectivity index (χ4v) is 2.01. The standard InChI is InChI=1S/C10H19N/c1-2-5-9-6-3-4-7-10(9)8-11/h8-9H,2-7,11H2,1H3/b10-8+/t9-/m0/s1. The molecule has 0 spiro atoms. The first-order valence-corrected chi connectivity index (χ1v) is 4.79. The Morgan fingerprint density at radius 3 is 3.00 bits per heavy atom. The smallest absolute Gasteiger partial charge is 0.00676 e. The van der Waals surface area contributed by atoms with Crippen molar-refractivity contribution in [3.05, 3.63) is 11.8 Å². The van der Waals surface area contributed by atoms with E-state index in [0.717, 1.165) is 5.92 Å². The van der Waals surface area contributed by atoms with Crippen molar-refractivity contribution in [2.24, 2.45) is 11.7 Å². The summed E-state index contributed by atoms with van der Waals surface area (Å²) in [6.07, 6.45) is 9.85. The van der Waals surface area contributed by atoms with Gasteiger partial charge in [-0.3, -0.25) is 0 Å². The second kappa shape index (κ2) is 4.42. The second-order valence-electron chi connectivity index (χ2n) is 3.47. The van der Waals surface area contributed by atoms with Gasteiger partial charge in [0, 0.05) is 0 Å². The monoisotopic (exact) mass is 153 g/mol. The van der Waals surface area contributed by atoms with Crippen molar-refractivity contribution in [1.29, 1.82) is 0 Å². The van der Waals surface area contributed by atoms with Crippen LogP contribution < -0.4 is 5.73 Å². The topological polar surface area (TPSA) is 26.0 Å². The van der Waals surface area contributed by atoms with E-state index in [4.69, 9.17) is 5.73 Å². The predicted molar refractivity (Wildman–Crippen MR) is 49.1 cm³/mol. The minimum Gasteiger partial charge on any atom is -0.405 e. The predicted octanol–water partition coefficient (Wildman–Crippen LogP) is 2.82. The number of allylic oxidation sites excluding steroid dienone is 1. The van der Waals surface area contributed by atoms with Gasteiger partial charge in [-0.25, -0.2) is 0 Å². The van der Waals surface area contributed by atoms with Gasteiger partial charge in [0.15, 0.2) is 0 Å². The Morgan fingerprint density at radius 2 is 2.36 bits per heavy atom. The zero-order chi connectivity index (χ0) is 8.10. The maximum Gasteiger partial charge on any atom is -0.00676 e. The van der Waals surface area contributed by atoms with Crippen LogP contribution in [0.15, 0.2) is 11.8 Å². The summed E-state index contributed by atoms with van der Waals surface area (Å²) in [7, 11) is 0. The molecule has 1 aliphatic rings. The lowest BCUT2D eigenvalue weighted by atomic mass is 9.82. The van der Waals surface area contributed by atoms with E-state index in [1.54, 1.807) is 0 Å². The van der Waals surface area contributed by atoms with Crippen LogP contribution >= 0.6 is 0 Å². The highest BCUT2D eigenvalue weighted by Crippen LogP contribution is 2.31. The number of hydrogen-bond donors (Lipinski definition) is 1. The zero-order valence-electron chi connectivity index (χ0n) is 7.47. The van der Waals surface area contributed by atoms with E-state index in [9.17, 15) is 0 Å². The minimum absolute atomic E-state index is 0.818. The van der Waals surface area contributed by atoms with Crippen LogP contribution in [-0.2, 0) is 0 Å². The van der Waals surface area contributed by atoms with Crippen LogP contribution in [-0.4, -0.2) is 0 Å². The first-order valence-electron chi connectivity index (χ1n) is 4.79. The third-order valence-electron chi connectivity index (χ3n) is 2.64. The quantitative estimate of drug-likeness (QED) is 0.648. The molecule has 2 N–H and O–H groups in total. The Balaban J connectivity index is 2.45. The Bertz CT molecular complexity index is 136. The highest BCUT2D eigenvalue weighted by Gasteiger charge is 2.16. The lowest BCUT2D eigenvalue weighted by molar-refractivity contribution is 0.424. The van der Waals surface area contributed by atoms with Crippen LogP contribution in [0.4, 0.5) is 0 Å². The molecule has 0 saturated heterocycles. The third-order valence-corrected chi connectivity index (χ3v) is 2.64. The van der Waals surface area contributed by atoms with Crippen molar-refractivity contribution in [2.75, 3.05) is 0 Å². The average Bonchev–Trinajstić information content (AvgIpc) is 2.06. The Morgan fingerprint density at radius 1 is 1.55 bits per heavy atom. The molecule has 0 aromatic heterocycles. The van der Waals surface area contributed by atoms with Crippen LogP contribution in [0.25, 0.3) is 0 Å². The Labute approximate surface area is 69.7 Å². The van der Waals surface area contributed by atoms with Gasteiger partial charge in [-0.1, -0.05) is 25.3 Å². The summed E-state index contributed by atoms with van der Waals surface area (Å²) < 4.78 is 0. The van der Waals surface area contributed by atoms with E-state index in [-0.39, 0.29) is 0 Å². The van der Waals surface area contributed by atoms with Crippen LogP contribution in [0.1, 0.15) is 45.4 Å². The first-order chi connectivity index (χ1) is 5.38. The molecule has 0 unspecified atom stereocenters. The van der Waals surface area contributed by atoms with E-state index in [0.29, 0.717) is 0 Å². The largest absolute Gasteiger partial charge is 0.405 e. The molecule has 1 heteroatoms. The molecule has 0 aromatic carbocycles. The van der Waals surface area contributed by atoms with Gasteiger partial charge in [0.25, 0.3) is 0 Å². The minimum atomic E-state index is 0.818. The number of hydrogen-bond acceptors (Lipinski definition) is 1. The van der Waals surface area contributed by atoms with E-state index in [1.165, 1.54) is 44.1 Å². The van der Waals surface area contributed by atoms with E-state index >= 15 is 0 Å². The molecule has 0 bridgehead atoms. The van der Waals surface area contributed by atoms with Crippen molar-refractivity contribution in [2.45, 2.75) is 45.4 Å². The van der Waals surface area contributed by atoms with Crippen LogP contribution in [0, 0.1) is 5.92 Å². The summed E-state index contributed by atoms with van der Waals surface area (Å²) >= 11 is 0. The molecule has 0 aromatic rings. The Kier molecular flexibility index (Phi) is 3.47. The fourth-order valence-electron chi connectivity index (χ4n) is 2.01. The molecule has 11 heavy (non-hydrogen) atoms. The van der Waals surface area contributed by atoms with Crippen molar-refractivity contribution >= 4 is 0 Å². The normalized spacial score (nSPS) is 29.2. The molecule has 0 amide bonds. The molecule has 1 atom stereocenters. The first kappa shape index (κ1) is 8.63. The molecule has 0 aliphatic heterocycles. The summed E-state index contributed by atoms with van der Waals surface area (Å²) in [6.45, 7) is 2.25. The summed E-state index contributed by atoms with van der Waals surface area (Å²) in [6, 6.07) is 0. The maximum absolute atomic E-state index is 5.56. The lowest BCUT2D eigenvalue weighted by Gasteiger charge is -2.24. The van der Waals surface area contributed by atoms with Crippen molar-refractivity contribution in [1.82, 2.24) is 0 Å². The SMILES string of the molecule is CCC[C@H]1CCCC/C1=C\N. The fraction of sp³-hybridized carbons (Fsp3) is 0.800. The van der Waals surface area contributed by atoms with Crippen LogP contribution in [0.5, 0.6) is 0 Å². The summed E-state index contributed by atoms with van der Waals surface area (Å²) in [5, 5.41) is 0. The van der Waals surface area contributed by atoms with Gasteiger partial charge in [-0.15, -0.1) is 0 Å².